The molecule has 3 rings (SSSR count). The summed E-state index contributed by atoms with van der Waals surface area (Å²) in [6.07, 6.45) is 2.39. The molecule has 2 heterocycles. The van der Waals surface area contributed by atoms with E-state index in [0.29, 0.717) is 13.0 Å². The van der Waals surface area contributed by atoms with Crippen LogP contribution in [-0.2, 0) is 22.6 Å². The molecule has 0 aliphatic carbocycles. The van der Waals surface area contributed by atoms with Gasteiger partial charge < -0.3 is 9.80 Å². The first-order valence-electron chi connectivity index (χ1n) is 6.86. The molecular weight excluding hydrogens is 240 g/mol. The molecule has 4 heteroatoms. The molecule has 0 bridgehead atoms. The number of hydrogen-bond donors (Lipinski definition) is 0. The summed E-state index contributed by atoms with van der Waals surface area (Å²) in [4.78, 5) is 27.3. The summed E-state index contributed by atoms with van der Waals surface area (Å²) in [6, 6.07) is 8.26. The van der Waals surface area contributed by atoms with Gasteiger partial charge in [0.1, 0.15) is 0 Å². The van der Waals surface area contributed by atoms with E-state index in [1.54, 1.807) is 4.90 Å². The van der Waals surface area contributed by atoms with Crippen LogP contribution in [0, 0.1) is 0 Å². The minimum atomic E-state index is 0.0738. The van der Waals surface area contributed by atoms with Gasteiger partial charge in [-0.05, 0) is 24.0 Å². The Labute approximate surface area is 113 Å². The lowest BCUT2D eigenvalue weighted by Crippen LogP contribution is -2.43. The van der Waals surface area contributed by atoms with Crippen LogP contribution in [0.3, 0.4) is 0 Å². The van der Waals surface area contributed by atoms with E-state index in [9.17, 15) is 9.59 Å². The molecule has 1 aromatic rings. The van der Waals surface area contributed by atoms with Crippen molar-refractivity contribution in [2.45, 2.75) is 25.8 Å². The number of carbonyl (C=O) groups excluding carboxylic acids is 2. The van der Waals surface area contributed by atoms with E-state index in [2.05, 4.69) is 12.1 Å². The first-order chi connectivity index (χ1) is 9.24. The molecule has 0 spiro atoms. The van der Waals surface area contributed by atoms with E-state index in [1.165, 1.54) is 11.1 Å². The van der Waals surface area contributed by atoms with Gasteiger partial charge in [-0.2, -0.15) is 0 Å². The zero-order chi connectivity index (χ0) is 13.2. The molecule has 19 heavy (non-hydrogen) atoms. The smallest absolute Gasteiger partial charge is 0.242 e. The molecule has 2 aliphatic rings. The summed E-state index contributed by atoms with van der Waals surface area (Å²) >= 11 is 0. The third-order valence-electron chi connectivity index (χ3n) is 3.98. The van der Waals surface area contributed by atoms with Gasteiger partial charge in [-0.1, -0.05) is 24.3 Å². The van der Waals surface area contributed by atoms with Gasteiger partial charge in [-0.25, -0.2) is 0 Å². The minimum absolute atomic E-state index is 0.0738. The highest BCUT2D eigenvalue weighted by molar-refractivity contribution is 5.86. The molecule has 2 aliphatic heterocycles. The molecule has 0 saturated carbocycles. The molecule has 0 atom stereocenters. The Morgan fingerprint density at radius 1 is 1.11 bits per heavy atom. The van der Waals surface area contributed by atoms with Crippen molar-refractivity contribution in [3.8, 4) is 0 Å². The van der Waals surface area contributed by atoms with Crippen LogP contribution in [0.25, 0.3) is 0 Å². The molecule has 0 aromatic heterocycles. The van der Waals surface area contributed by atoms with Crippen molar-refractivity contribution in [1.29, 1.82) is 0 Å². The second kappa shape index (κ2) is 5.03. The van der Waals surface area contributed by atoms with Crippen LogP contribution in [-0.4, -0.2) is 41.2 Å². The summed E-state index contributed by atoms with van der Waals surface area (Å²) in [7, 11) is 0. The lowest BCUT2D eigenvalue weighted by atomic mass is 10.00. The van der Waals surface area contributed by atoms with Crippen molar-refractivity contribution in [3.05, 3.63) is 35.4 Å². The van der Waals surface area contributed by atoms with Gasteiger partial charge in [0, 0.05) is 26.1 Å². The van der Waals surface area contributed by atoms with Crippen molar-refractivity contribution < 1.29 is 9.59 Å². The Kier molecular flexibility index (Phi) is 3.23. The van der Waals surface area contributed by atoms with Gasteiger partial charge in [-0.3, -0.25) is 9.59 Å². The van der Waals surface area contributed by atoms with Crippen LogP contribution in [0.5, 0.6) is 0 Å². The molecule has 4 nitrogen and oxygen atoms in total. The number of hydrogen-bond acceptors (Lipinski definition) is 2. The van der Waals surface area contributed by atoms with Gasteiger partial charge in [0.05, 0.1) is 6.54 Å². The fourth-order valence-electron chi connectivity index (χ4n) is 2.84. The second-order valence-corrected chi connectivity index (χ2v) is 5.25. The standard InChI is InChI=1S/C15H18N2O2/c18-14-6-3-8-16(14)11-15(19)17-9-7-12-4-1-2-5-13(12)10-17/h1-2,4-5H,3,6-11H2. The van der Waals surface area contributed by atoms with Crippen molar-refractivity contribution >= 4 is 11.8 Å². The number of carbonyl (C=O) groups is 2. The van der Waals surface area contributed by atoms with Crippen molar-refractivity contribution in [1.82, 2.24) is 9.80 Å². The van der Waals surface area contributed by atoms with Crippen molar-refractivity contribution in [3.63, 3.8) is 0 Å². The van der Waals surface area contributed by atoms with Gasteiger partial charge >= 0.3 is 0 Å². The van der Waals surface area contributed by atoms with Crippen molar-refractivity contribution in [2.24, 2.45) is 0 Å². The van der Waals surface area contributed by atoms with Gasteiger partial charge in [0.25, 0.3) is 0 Å². The third-order valence-corrected chi connectivity index (χ3v) is 3.98. The van der Waals surface area contributed by atoms with E-state index in [4.69, 9.17) is 0 Å². The Hall–Kier alpha value is -1.84. The van der Waals surface area contributed by atoms with Crippen LogP contribution in [0.4, 0.5) is 0 Å². The Morgan fingerprint density at radius 3 is 2.63 bits per heavy atom. The lowest BCUT2D eigenvalue weighted by molar-refractivity contribution is -0.138. The Morgan fingerprint density at radius 2 is 1.89 bits per heavy atom. The highest BCUT2D eigenvalue weighted by atomic mass is 16.2. The third kappa shape index (κ3) is 2.48. The molecule has 0 radical (unpaired) electrons. The molecule has 1 saturated heterocycles. The normalized spacial score (nSPS) is 18.6. The van der Waals surface area contributed by atoms with Crippen LogP contribution in [0.2, 0.25) is 0 Å². The van der Waals surface area contributed by atoms with Gasteiger partial charge in [0.2, 0.25) is 11.8 Å². The van der Waals surface area contributed by atoms with E-state index >= 15 is 0 Å². The largest absolute Gasteiger partial charge is 0.336 e. The number of nitrogens with zero attached hydrogens (tertiary/aromatic N) is 2. The van der Waals surface area contributed by atoms with E-state index in [-0.39, 0.29) is 18.4 Å². The highest BCUT2D eigenvalue weighted by Gasteiger charge is 2.26. The average Bonchev–Trinajstić information content (AvgIpc) is 2.84. The maximum absolute atomic E-state index is 12.2. The highest BCUT2D eigenvalue weighted by Crippen LogP contribution is 2.19. The second-order valence-electron chi connectivity index (χ2n) is 5.25. The first kappa shape index (κ1) is 12.2. The van der Waals surface area contributed by atoms with E-state index < -0.39 is 0 Å². The number of benzene rings is 1. The first-order valence-corrected chi connectivity index (χ1v) is 6.86. The van der Waals surface area contributed by atoms with Gasteiger partial charge in [0.15, 0.2) is 0 Å². The van der Waals surface area contributed by atoms with Gasteiger partial charge in [-0.15, -0.1) is 0 Å². The Balaban J connectivity index is 1.64. The number of amides is 2. The molecule has 1 fully saturated rings. The average molecular weight is 258 g/mol. The predicted octanol–water partition coefficient (Wildman–Crippen LogP) is 1.19. The van der Waals surface area contributed by atoms with E-state index in [1.807, 2.05) is 17.0 Å². The zero-order valence-electron chi connectivity index (χ0n) is 11.0. The molecule has 0 unspecified atom stereocenters. The lowest BCUT2D eigenvalue weighted by Gasteiger charge is -2.30. The number of likely N-dealkylation sites (tertiary alicyclic amines) is 1. The minimum Gasteiger partial charge on any atom is -0.336 e. The van der Waals surface area contributed by atoms with Crippen LogP contribution < -0.4 is 0 Å². The number of fused-ring (bicyclic) bond motifs is 1. The molecule has 2 amide bonds. The zero-order valence-corrected chi connectivity index (χ0v) is 11.0. The fourth-order valence-corrected chi connectivity index (χ4v) is 2.84. The molecule has 1 aromatic carbocycles. The quantitative estimate of drug-likeness (QED) is 0.799. The molecule has 0 N–H and O–H groups in total. The maximum Gasteiger partial charge on any atom is 0.242 e. The maximum atomic E-state index is 12.2. The number of rotatable bonds is 2. The fraction of sp³-hybridized carbons (Fsp3) is 0.467. The monoisotopic (exact) mass is 258 g/mol. The summed E-state index contributed by atoms with van der Waals surface area (Å²) < 4.78 is 0. The molecular formula is C15H18N2O2. The van der Waals surface area contributed by atoms with Crippen LogP contribution in [0.1, 0.15) is 24.0 Å². The topological polar surface area (TPSA) is 40.6 Å². The van der Waals surface area contributed by atoms with Crippen molar-refractivity contribution in [2.75, 3.05) is 19.6 Å². The predicted molar refractivity (Wildman–Crippen MR) is 71.4 cm³/mol. The van der Waals surface area contributed by atoms with Crippen LogP contribution >= 0.6 is 0 Å². The molecule has 100 valence electrons. The summed E-state index contributed by atoms with van der Waals surface area (Å²) in [5, 5.41) is 0. The Bertz CT molecular complexity index is 513. The summed E-state index contributed by atoms with van der Waals surface area (Å²) in [5.74, 6) is 0.190. The van der Waals surface area contributed by atoms with Crippen LogP contribution in [0.15, 0.2) is 24.3 Å². The van der Waals surface area contributed by atoms with E-state index in [0.717, 1.165) is 25.9 Å². The summed E-state index contributed by atoms with van der Waals surface area (Å²) in [6.45, 7) is 2.42. The SMILES string of the molecule is O=C1CCCN1CC(=O)N1CCc2ccccc2C1. The summed E-state index contributed by atoms with van der Waals surface area (Å²) in [5.41, 5.74) is 2.57.